The molecule has 21 heavy (non-hydrogen) atoms. The predicted molar refractivity (Wildman–Crippen MR) is 77.5 cm³/mol. The Kier molecular flexibility index (Phi) is 3.85. The number of halogens is 1. The van der Waals surface area contributed by atoms with Crippen molar-refractivity contribution in [1.82, 2.24) is 20.3 Å². The van der Waals surface area contributed by atoms with E-state index in [1.54, 1.807) is 16.9 Å². The third-order valence-electron chi connectivity index (χ3n) is 3.37. The molecular formula is C13H14ClN5O2. The highest BCUT2D eigenvalue weighted by Gasteiger charge is 2.20. The molecule has 0 unspecified atom stereocenters. The summed E-state index contributed by atoms with van der Waals surface area (Å²) in [6, 6.07) is 4.47. The fourth-order valence-electron chi connectivity index (χ4n) is 2.02. The maximum absolute atomic E-state index is 10.7. The summed E-state index contributed by atoms with van der Waals surface area (Å²) in [4.78, 5) is 10.2. The summed E-state index contributed by atoms with van der Waals surface area (Å²) in [6.45, 7) is 1.67. The van der Waals surface area contributed by atoms with Gasteiger partial charge in [-0.2, -0.15) is 0 Å². The summed E-state index contributed by atoms with van der Waals surface area (Å²) in [5.74, 6) is 0.813. The second kappa shape index (κ2) is 5.79. The molecule has 1 aromatic carbocycles. The van der Waals surface area contributed by atoms with Gasteiger partial charge < -0.3 is 5.32 Å². The molecule has 7 nitrogen and oxygen atoms in total. The van der Waals surface area contributed by atoms with Gasteiger partial charge in [-0.3, -0.25) is 10.1 Å². The van der Waals surface area contributed by atoms with Crippen molar-refractivity contribution >= 4 is 17.3 Å². The molecule has 0 radical (unpaired) electrons. The first-order valence-electron chi connectivity index (χ1n) is 6.70. The third kappa shape index (κ3) is 3.37. The molecule has 0 aliphatic heterocycles. The quantitative estimate of drug-likeness (QED) is 0.654. The Morgan fingerprint density at radius 2 is 2.29 bits per heavy atom. The van der Waals surface area contributed by atoms with Gasteiger partial charge in [0, 0.05) is 12.6 Å². The SMILES string of the molecule is O=[N+]([O-])c1ccc(-n2cc(CNCC3CC3)nn2)cc1Cl. The summed E-state index contributed by atoms with van der Waals surface area (Å²) >= 11 is 5.89. The number of nitrogens with one attached hydrogen (secondary N) is 1. The largest absolute Gasteiger partial charge is 0.311 e. The van der Waals surface area contributed by atoms with E-state index in [1.807, 2.05) is 0 Å². The summed E-state index contributed by atoms with van der Waals surface area (Å²) in [5, 5.41) is 22.2. The van der Waals surface area contributed by atoms with Crippen molar-refractivity contribution in [2.24, 2.45) is 5.92 Å². The molecule has 3 rings (SSSR count). The number of nitrogens with zero attached hydrogens (tertiary/aromatic N) is 4. The number of hydrogen-bond acceptors (Lipinski definition) is 5. The van der Waals surface area contributed by atoms with E-state index in [-0.39, 0.29) is 10.7 Å². The van der Waals surface area contributed by atoms with Gasteiger partial charge in [-0.1, -0.05) is 16.8 Å². The lowest BCUT2D eigenvalue weighted by Gasteiger charge is -2.01. The molecular weight excluding hydrogens is 294 g/mol. The molecule has 0 bridgehead atoms. The fourth-order valence-corrected chi connectivity index (χ4v) is 2.26. The Morgan fingerprint density at radius 1 is 1.48 bits per heavy atom. The Labute approximate surface area is 126 Å². The molecule has 2 aromatic rings. The number of hydrogen-bond donors (Lipinski definition) is 1. The van der Waals surface area contributed by atoms with Gasteiger partial charge in [-0.05, 0) is 37.4 Å². The van der Waals surface area contributed by atoms with Gasteiger partial charge in [0.1, 0.15) is 5.02 Å². The van der Waals surface area contributed by atoms with Gasteiger partial charge in [0.15, 0.2) is 0 Å². The van der Waals surface area contributed by atoms with Crippen LogP contribution in [0.5, 0.6) is 0 Å². The minimum Gasteiger partial charge on any atom is -0.311 e. The topological polar surface area (TPSA) is 85.9 Å². The number of nitro benzene ring substituents is 1. The second-order valence-electron chi connectivity index (χ2n) is 5.12. The molecule has 8 heteroatoms. The summed E-state index contributed by atoms with van der Waals surface area (Å²) in [6.07, 6.45) is 4.40. The number of benzene rings is 1. The van der Waals surface area contributed by atoms with E-state index in [0.717, 1.165) is 18.2 Å². The van der Waals surface area contributed by atoms with Crippen LogP contribution >= 0.6 is 11.6 Å². The monoisotopic (exact) mass is 307 g/mol. The average molecular weight is 308 g/mol. The first-order valence-corrected chi connectivity index (χ1v) is 7.07. The van der Waals surface area contributed by atoms with E-state index < -0.39 is 4.92 Å². The van der Waals surface area contributed by atoms with Crippen LogP contribution in [0.25, 0.3) is 5.69 Å². The average Bonchev–Trinajstić information content (AvgIpc) is 3.14. The van der Waals surface area contributed by atoms with E-state index in [0.29, 0.717) is 12.2 Å². The lowest BCUT2D eigenvalue weighted by atomic mass is 10.3. The van der Waals surface area contributed by atoms with Crippen LogP contribution in [-0.4, -0.2) is 26.5 Å². The van der Waals surface area contributed by atoms with Crippen molar-refractivity contribution < 1.29 is 4.92 Å². The van der Waals surface area contributed by atoms with Crippen LogP contribution in [0.15, 0.2) is 24.4 Å². The molecule has 0 spiro atoms. The van der Waals surface area contributed by atoms with Crippen molar-refractivity contribution in [1.29, 1.82) is 0 Å². The first-order chi connectivity index (χ1) is 10.1. The minimum absolute atomic E-state index is 0.0846. The van der Waals surface area contributed by atoms with Gasteiger partial charge in [-0.25, -0.2) is 4.68 Å². The Morgan fingerprint density at radius 3 is 2.95 bits per heavy atom. The molecule has 1 aromatic heterocycles. The van der Waals surface area contributed by atoms with Gasteiger partial charge in [0.05, 0.1) is 22.5 Å². The van der Waals surface area contributed by atoms with E-state index in [1.165, 1.54) is 25.0 Å². The van der Waals surface area contributed by atoms with Crippen molar-refractivity contribution in [2.45, 2.75) is 19.4 Å². The van der Waals surface area contributed by atoms with Crippen LogP contribution < -0.4 is 5.32 Å². The zero-order valence-electron chi connectivity index (χ0n) is 11.2. The van der Waals surface area contributed by atoms with Gasteiger partial charge >= 0.3 is 0 Å². The molecule has 1 fully saturated rings. The van der Waals surface area contributed by atoms with E-state index in [9.17, 15) is 10.1 Å². The van der Waals surface area contributed by atoms with Gasteiger partial charge in [0.25, 0.3) is 5.69 Å². The van der Waals surface area contributed by atoms with Crippen molar-refractivity contribution in [3.8, 4) is 5.69 Å². The molecule has 1 aliphatic rings. The van der Waals surface area contributed by atoms with Crippen LogP contribution in [0.4, 0.5) is 5.69 Å². The normalized spacial score (nSPS) is 14.3. The lowest BCUT2D eigenvalue weighted by Crippen LogP contribution is -2.16. The smallest absolute Gasteiger partial charge is 0.288 e. The van der Waals surface area contributed by atoms with Crippen LogP contribution in [-0.2, 0) is 6.54 Å². The van der Waals surface area contributed by atoms with E-state index in [2.05, 4.69) is 15.6 Å². The van der Waals surface area contributed by atoms with Crippen LogP contribution in [0.2, 0.25) is 5.02 Å². The number of rotatable bonds is 6. The Bertz CT molecular complexity index is 668. The van der Waals surface area contributed by atoms with Crippen LogP contribution in [0.1, 0.15) is 18.5 Å². The Hall–Kier alpha value is -1.99. The molecule has 0 atom stereocenters. The molecule has 110 valence electrons. The number of aromatic nitrogens is 3. The lowest BCUT2D eigenvalue weighted by molar-refractivity contribution is -0.384. The first kappa shape index (κ1) is 14.0. The zero-order chi connectivity index (χ0) is 14.8. The molecule has 1 N–H and O–H groups in total. The summed E-state index contributed by atoms with van der Waals surface area (Å²) < 4.78 is 1.56. The van der Waals surface area contributed by atoms with Gasteiger partial charge in [-0.15, -0.1) is 5.10 Å². The number of nitro groups is 1. The van der Waals surface area contributed by atoms with Crippen molar-refractivity contribution in [3.63, 3.8) is 0 Å². The zero-order valence-corrected chi connectivity index (χ0v) is 12.0. The third-order valence-corrected chi connectivity index (χ3v) is 3.67. The Balaban J connectivity index is 1.69. The van der Waals surface area contributed by atoms with E-state index >= 15 is 0 Å². The summed E-state index contributed by atoms with van der Waals surface area (Å²) in [5.41, 5.74) is 1.35. The highest BCUT2D eigenvalue weighted by Crippen LogP contribution is 2.28. The molecule has 1 saturated carbocycles. The van der Waals surface area contributed by atoms with Gasteiger partial charge in [0.2, 0.25) is 0 Å². The van der Waals surface area contributed by atoms with Crippen LogP contribution in [0.3, 0.4) is 0 Å². The predicted octanol–water partition coefficient (Wildman–Crippen LogP) is 2.33. The summed E-state index contributed by atoms with van der Waals surface area (Å²) in [7, 11) is 0. The highest BCUT2D eigenvalue weighted by molar-refractivity contribution is 6.32. The molecule has 0 amide bonds. The van der Waals surface area contributed by atoms with E-state index in [4.69, 9.17) is 11.6 Å². The van der Waals surface area contributed by atoms with Crippen LogP contribution in [0, 0.1) is 16.0 Å². The molecule has 1 heterocycles. The van der Waals surface area contributed by atoms with Crippen molar-refractivity contribution in [2.75, 3.05) is 6.54 Å². The maximum Gasteiger partial charge on any atom is 0.288 e. The fraction of sp³-hybridized carbons (Fsp3) is 0.385. The van der Waals surface area contributed by atoms with Crippen molar-refractivity contribution in [3.05, 3.63) is 45.2 Å². The minimum atomic E-state index is -0.513. The maximum atomic E-state index is 10.7. The molecule has 1 aliphatic carbocycles. The molecule has 0 saturated heterocycles. The second-order valence-corrected chi connectivity index (χ2v) is 5.53. The highest BCUT2D eigenvalue weighted by atomic mass is 35.5. The standard InChI is InChI=1S/C13H14ClN5O2/c14-12-5-11(3-4-13(12)19(20)21)18-8-10(16-17-18)7-15-6-9-1-2-9/h3-5,8-9,15H,1-2,6-7H2.